The number of nitriles is 1. The molecule has 0 unspecified atom stereocenters. The van der Waals surface area contributed by atoms with Gasteiger partial charge in [0.1, 0.15) is 23.3 Å². The number of esters is 1. The highest BCUT2D eigenvalue weighted by molar-refractivity contribution is 5.92. The molecular weight excluding hydrogens is 204 g/mol. The van der Waals surface area contributed by atoms with Crippen molar-refractivity contribution >= 4 is 5.97 Å². The third kappa shape index (κ3) is 2.29. The number of nitrogens with zero attached hydrogens (tertiary/aromatic N) is 1. The van der Waals surface area contributed by atoms with Crippen LogP contribution in [-0.4, -0.2) is 12.6 Å². The molecule has 0 bridgehead atoms. The average molecular weight is 211 g/mol. The van der Waals surface area contributed by atoms with E-state index in [9.17, 15) is 13.6 Å². The van der Waals surface area contributed by atoms with Crippen molar-refractivity contribution in [3.8, 4) is 6.07 Å². The van der Waals surface area contributed by atoms with Crippen LogP contribution in [0.5, 0.6) is 0 Å². The van der Waals surface area contributed by atoms with Crippen LogP contribution in [0.3, 0.4) is 0 Å². The van der Waals surface area contributed by atoms with E-state index in [-0.39, 0.29) is 6.61 Å². The first kappa shape index (κ1) is 11.1. The number of halogens is 2. The van der Waals surface area contributed by atoms with Gasteiger partial charge >= 0.3 is 5.97 Å². The summed E-state index contributed by atoms with van der Waals surface area (Å²) in [7, 11) is 0. The summed E-state index contributed by atoms with van der Waals surface area (Å²) in [6.07, 6.45) is 0. The van der Waals surface area contributed by atoms with Gasteiger partial charge < -0.3 is 4.74 Å². The maximum absolute atomic E-state index is 13.0. The molecule has 3 nitrogen and oxygen atoms in total. The minimum atomic E-state index is -1.07. The summed E-state index contributed by atoms with van der Waals surface area (Å²) < 4.78 is 30.4. The van der Waals surface area contributed by atoms with Gasteiger partial charge in [-0.25, -0.2) is 13.6 Å². The Hall–Kier alpha value is -1.96. The Morgan fingerprint density at radius 2 is 2.20 bits per heavy atom. The molecule has 0 N–H and O–H groups in total. The quantitative estimate of drug-likeness (QED) is 0.703. The smallest absolute Gasteiger partial charge is 0.339 e. The Morgan fingerprint density at radius 1 is 1.53 bits per heavy atom. The molecule has 1 aromatic carbocycles. The fourth-order valence-electron chi connectivity index (χ4n) is 1.06. The first-order chi connectivity index (χ1) is 7.10. The Balaban J connectivity index is 3.28. The molecule has 1 rings (SSSR count). The van der Waals surface area contributed by atoms with Crippen LogP contribution < -0.4 is 0 Å². The lowest BCUT2D eigenvalue weighted by Crippen LogP contribution is -2.09. The van der Waals surface area contributed by atoms with E-state index >= 15 is 0 Å². The van der Waals surface area contributed by atoms with Gasteiger partial charge in [0.15, 0.2) is 0 Å². The van der Waals surface area contributed by atoms with E-state index in [4.69, 9.17) is 5.26 Å². The van der Waals surface area contributed by atoms with Gasteiger partial charge in [-0.15, -0.1) is 0 Å². The van der Waals surface area contributed by atoms with Gasteiger partial charge in [-0.05, 0) is 13.0 Å². The predicted octanol–water partition coefficient (Wildman–Crippen LogP) is 2.01. The van der Waals surface area contributed by atoms with Crippen LogP contribution in [0.15, 0.2) is 12.1 Å². The number of hydrogen-bond acceptors (Lipinski definition) is 3. The summed E-state index contributed by atoms with van der Waals surface area (Å²) in [4.78, 5) is 11.2. The van der Waals surface area contributed by atoms with E-state index < -0.39 is 28.7 Å². The lowest BCUT2D eigenvalue weighted by molar-refractivity contribution is 0.0525. The highest BCUT2D eigenvalue weighted by Gasteiger charge is 2.17. The molecule has 0 aromatic heterocycles. The zero-order chi connectivity index (χ0) is 11.4. The number of carbonyl (C=O) groups excluding carboxylic acids is 1. The number of rotatable bonds is 2. The maximum atomic E-state index is 13.0. The van der Waals surface area contributed by atoms with Crippen molar-refractivity contribution in [1.82, 2.24) is 0 Å². The van der Waals surface area contributed by atoms with Crippen molar-refractivity contribution in [1.29, 1.82) is 5.26 Å². The number of ether oxygens (including phenoxy) is 1. The summed E-state index contributed by atoms with van der Waals surface area (Å²) in [5.74, 6) is -2.90. The number of hydrogen-bond donors (Lipinski definition) is 0. The summed E-state index contributed by atoms with van der Waals surface area (Å²) in [6, 6.07) is 2.81. The second-order valence-corrected chi connectivity index (χ2v) is 2.64. The molecule has 0 saturated heterocycles. The highest BCUT2D eigenvalue weighted by atomic mass is 19.1. The number of carbonyl (C=O) groups is 1. The van der Waals surface area contributed by atoms with Crippen LogP contribution in [0, 0.1) is 23.0 Å². The Labute approximate surface area is 84.9 Å². The maximum Gasteiger partial charge on any atom is 0.339 e. The molecule has 0 aliphatic heterocycles. The lowest BCUT2D eigenvalue weighted by Gasteiger charge is -2.04. The van der Waals surface area contributed by atoms with Crippen LogP contribution in [0.25, 0.3) is 0 Å². The van der Waals surface area contributed by atoms with E-state index in [1.165, 1.54) is 6.07 Å². The standard InChI is InChI=1S/C10H7F2NO2/c1-2-15-10(14)7-3-6(11)4-9(12)8(7)5-13/h3-4H,2H2,1H3. The van der Waals surface area contributed by atoms with E-state index in [1.807, 2.05) is 0 Å². The number of benzene rings is 1. The van der Waals surface area contributed by atoms with E-state index in [0.29, 0.717) is 6.07 Å². The zero-order valence-electron chi connectivity index (χ0n) is 7.88. The normalized spacial score (nSPS) is 9.47. The zero-order valence-corrected chi connectivity index (χ0v) is 7.88. The van der Waals surface area contributed by atoms with Crippen molar-refractivity contribution in [2.45, 2.75) is 6.92 Å². The van der Waals surface area contributed by atoms with Gasteiger partial charge in [0.25, 0.3) is 0 Å². The molecule has 78 valence electrons. The largest absolute Gasteiger partial charge is 0.462 e. The van der Waals surface area contributed by atoms with Gasteiger partial charge in [0, 0.05) is 6.07 Å². The fourth-order valence-corrected chi connectivity index (χ4v) is 1.06. The van der Waals surface area contributed by atoms with Crippen molar-refractivity contribution in [3.05, 3.63) is 34.9 Å². The summed E-state index contributed by atoms with van der Waals surface area (Å²) in [6.45, 7) is 1.63. The van der Waals surface area contributed by atoms with Crippen LogP contribution in [0.1, 0.15) is 22.8 Å². The topological polar surface area (TPSA) is 50.1 Å². The first-order valence-electron chi connectivity index (χ1n) is 4.16. The second-order valence-electron chi connectivity index (χ2n) is 2.64. The first-order valence-corrected chi connectivity index (χ1v) is 4.16. The third-order valence-electron chi connectivity index (χ3n) is 1.66. The minimum Gasteiger partial charge on any atom is -0.462 e. The Bertz CT molecular complexity index is 438. The van der Waals surface area contributed by atoms with Crippen molar-refractivity contribution in [3.63, 3.8) is 0 Å². The molecule has 5 heteroatoms. The van der Waals surface area contributed by atoms with Crippen LogP contribution in [-0.2, 0) is 4.74 Å². The molecule has 1 aromatic rings. The van der Waals surface area contributed by atoms with Crippen LogP contribution >= 0.6 is 0 Å². The van der Waals surface area contributed by atoms with E-state index in [1.54, 1.807) is 6.92 Å². The third-order valence-corrected chi connectivity index (χ3v) is 1.66. The molecule has 0 aliphatic rings. The summed E-state index contributed by atoms with van der Waals surface area (Å²) >= 11 is 0. The molecule has 0 saturated carbocycles. The predicted molar refractivity (Wildman–Crippen MR) is 47.0 cm³/mol. The monoisotopic (exact) mass is 211 g/mol. The van der Waals surface area contributed by atoms with Gasteiger partial charge in [-0.1, -0.05) is 0 Å². The molecule has 0 radical (unpaired) electrons. The van der Waals surface area contributed by atoms with Crippen molar-refractivity contribution in [2.24, 2.45) is 0 Å². The summed E-state index contributed by atoms with van der Waals surface area (Å²) in [5, 5.41) is 8.59. The Kier molecular flexibility index (Phi) is 3.34. The Morgan fingerprint density at radius 3 is 2.73 bits per heavy atom. The van der Waals surface area contributed by atoms with E-state index in [0.717, 1.165) is 6.07 Å². The molecular formula is C10H7F2NO2. The molecule has 0 heterocycles. The molecule has 0 aliphatic carbocycles. The summed E-state index contributed by atoms with van der Waals surface area (Å²) in [5.41, 5.74) is -0.897. The van der Waals surface area contributed by atoms with Gasteiger partial charge in [0.05, 0.1) is 12.2 Å². The molecule has 0 spiro atoms. The van der Waals surface area contributed by atoms with Gasteiger partial charge in [-0.2, -0.15) is 5.26 Å². The van der Waals surface area contributed by atoms with E-state index in [2.05, 4.69) is 4.74 Å². The highest BCUT2D eigenvalue weighted by Crippen LogP contribution is 2.16. The van der Waals surface area contributed by atoms with Crippen LogP contribution in [0.2, 0.25) is 0 Å². The molecule has 0 atom stereocenters. The fraction of sp³-hybridized carbons (Fsp3) is 0.200. The second kappa shape index (κ2) is 4.51. The van der Waals surface area contributed by atoms with Crippen LogP contribution in [0.4, 0.5) is 8.78 Å². The SMILES string of the molecule is CCOC(=O)c1cc(F)cc(F)c1C#N. The van der Waals surface area contributed by atoms with Gasteiger partial charge in [-0.3, -0.25) is 0 Å². The molecule has 15 heavy (non-hydrogen) atoms. The van der Waals surface area contributed by atoms with Gasteiger partial charge in [0.2, 0.25) is 0 Å². The van der Waals surface area contributed by atoms with Crippen molar-refractivity contribution in [2.75, 3.05) is 6.61 Å². The minimum absolute atomic E-state index is 0.0713. The van der Waals surface area contributed by atoms with Crippen molar-refractivity contribution < 1.29 is 18.3 Å². The average Bonchev–Trinajstić information content (AvgIpc) is 2.17. The molecule has 0 fully saturated rings. The lowest BCUT2D eigenvalue weighted by atomic mass is 10.1. The molecule has 0 amide bonds.